The van der Waals surface area contributed by atoms with Crippen molar-refractivity contribution in [2.45, 2.75) is 25.4 Å². The van der Waals surface area contributed by atoms with Crippen molar-refractivity contribution in [3.05, 3.63) is 27.1 Å². The van der Waals surface area contributed by atoms with Crippen LogP contribution in [-0.4, -0.2) is 10.1 Å². The van der Waals surface area contributed by atoms with E-state index in [-0.39, 0.29) is 0 Å². The first-order valence-electron chi connectivity index (χ1n) is 4.63. The van der Waals surface area contributed by atoms with Gasteiger partial charge < -0.3 is 5.11 Å². The fraction of sp³-hybridized carbons (Fsp3) is 0.500. The predicted molar refractivity (Wildman–Crippen MR) is 61.2 cm³/mol. The number of hydrogen-bond acceptors (Lipinski definition) is 3. The lowest BCUT2D eigenvalue weighted by molar-refractivity contribution is 0.0669. The fourth-order valence-corrected chi connectivity index (χ4v) is 2.94. The topological polar surface area (TPSA) is 33.1 Å². The molecule has 1 aliphatic carbocycles. The van der Waals surface area contributed by atoms with Crippen LogP contribution < -0.4 is 0 Å². The molecule has 0 bridgehead atoms. The van der Waals surface area contributed by atoms with Crippen molar-refractivity contribution in [3.63, 3.8) is 0 Å². The Morgan fingerprint density at radius 2 is 2.50 bits per heavy atom. The molecule has 0 saturated heterocycles. The molecular weight excluding hydrogens is 262 g/mol. The average Bonchev–Trinajstić information content (AvgIpc) is 2.58. The van der Waals surface area contributed by atoms with E-state index in [0.717, 1.165) is 22.5 Å². The van der Waals surface area contributed by atoms with Crippen LogP contribution in [0.4, 0.5) is 0 Å². The largest absolute Gasteiger partial charge is 0.379 e. The molecule has 0 aliphatic heterocycles. The highest BCUT2D eigenvalue weighted by atomic mass is 79.9. The summed E-state index contributed by atoms with van der Waals surface area (Å²) in [5, 5.41) is 13.0. The molecule has 2 nitrogen and oxygen atoms in total. The van der Waals surface area contributed by atoms with Gasteiger partial charge in [-0.1, -0.05) is 13.0 Å². The third-order valence-corrected chi connectivity index (χ3v) is 4.25. The Hall–Kier alpha value is -0.190. The molecule has 4 heteroatoms. The van der Waals surface area contributed by atoms with Crippen LogP contribution in [0.2, 0.25) is 0 Å². The molecule has 0 amide bonds. The number of nitrogens with zero attached hydrogens (tertiary/aromatic N) is 1. The van der Waals surface area contributed by atoms with Crippen LogP contribution in [0.1, 0.15) is 24.8 Å². The zero-order chi connectivity index (χ0) is 10.2. The third kappa shape index (κ3) is 1.92. The Balaban J connectivity index is 2.29. The highest BCUT2D eigenvalue weighted by Crippen LogP contribution is 2.36. The predicted octanol–water partition coefficient (Wildman–Crippen LogP) is 3.08. The SMILES string of the molecule is CC1C=CC(O)(c2nc(Br)cs2)CC1. The maximum atomic E-state index is 10.3. The van der Waals surface area contributed by atoms with Crippen LogP contribution >= 0.6 is 27.3 Å². The van der Waals surface area contributed by atoms with Gasteiger partial charge in [-0.25, -0.2) is 4.98 Å². The summed E-state index contributed by atoms with van der Waals surface area (Å²) >= 11 is 4.80. The van der Waals surface area contributed by atoms with Crippen molar-refractivity contribution in [2.24, 2.45) is 5.92 Å². The fourth-order valence-electron chi connectivity index (χ4n) is 1.58. The zero-order valence-corrected chi connectivity index (χ0v) is 10.3. The lowest BCUT2D eigenvalue weighted by atomic mass is 9.86. The summed E-state index contributed by atoms with van der Waals surface area (Å²) in [5.41, 5.74) is -0.830. The lowest BCUT2D eigenvalue weighted by Gasteiger charge is -2.27. The minimum absolute atomic E-state index is 0.568. The van der Waals surface area contributed by atoms with E-state index < -0.39 is 5.60 Å². The quantitative estimate of drug-likeness (QED) is 0.798. The van der Waals surface area contributed by atoms with Gasteiger partial charge in [0.2, 0.25) is 0 Å². The van der Waals surface area contributed by atoms with Crippen LogP contribution in [0, 0.1) is 5.92 Å². The van der Waals surface area contributed by atoms with Crippen molar-refractivity contribution < 1.29 is 5.11 Å². The van der Waals surface area contributed by atoms with Gasteiger partial charge in [-0.05, 0) is 40.8 Å². The van der Waals surface area contributed by atoms with Gasteiger partial charge in [0.05, 0.1) is 0 Å². The number of allylic oxidation sites excluding steroid dienone is 1. The van der Waals surface area contributed by atoms with Crippen LogP contribution in [-0.2, 0) is 5.60 Å². The van der Waals surface area contributed by atoms with Crippen molar-refractivity contribution >= 4 is 27.3 Å². The Morgan fingerprint density at radius 1 is 1.71 bits per heavy atom. The Labute approximate surface area is 95.8 Å². The van der Waals surface area contributed by atoms with Gasteiger partial charge in [0.15, 0.2) is 0 Å². The molecule has 14 heavy (non-hydrogen) atoms. The van der Waals surface area contributed by atoms with Gasteiger partial charge in [0, 0.05) is 5.38 Å². The molecule has 0 aromatic carbocycles. The van der Waals surface area contributed by atoms with Crippen molar-refractivity contribution in [1.82, 2.24) is 4.98 Å². The van der Waals surface area contributed by atoms with E-state index in [1.807, 2.05) is 11.5 Å². The van der Waals surface area contributed by atoms with Gasteiger partial charge >= 0.3 is 0 Å². The lowest BCUT2D eigenvalue weighted by Crippen LogP contribution is -2.26. The molecular formula is C10H12BrNOS. The van der Waals surface area contributed by atoms with Crippen molar-refractivity contribution in [1.29, 1.82) is 0 Å². The molecule has 0 radical (unpaired) electrons. The van der Waals surface area contributed by atoms with Crippen LogP contribution in [0.3, 0.4) is 0 Å². The van der Waals surface area contributed by atoms with E-state index >= 15 is 0 Å². The molecule has 0 saturated carbocycles. The molecule has 76 valence electrons. The van der Waals surface area contributed by atoms with Crippen LogP contribution in [0.25, 0.3) is 0 Å². The summed E-state index contributed by atoms with van der Waals surface area (Å²) < 4.78 is 0.804. The molecule has 2 atom stereocenters. The molecule has 1 N–H and O–H groups in total. The van der Waals surface area contributed by atoms with E-state index in [1.165, 1.54) is 11.3 Å². The number of rotatable bonds is 1. The number of aliphatic hydroxyl groups is 1. The monoisotopic (exact) mass is 273 g/mol. The first kappa shape index (κ1) is 10.3. The van der Waals surface area contributed by atoms with E-state index in [2.05, 4.69) is 33.9 Å². The Bertz CT molecular complexity index is 363. The number of aromatic nitrogens is 1. The second-order valence-corrected chi connectivity index (χ2v) is 5.45. The molecule has 1 aromatic rings. The molecule has 1 aromatic heterocycles. The van der Waals surface area contributed by atoms with Gasteiger partial charge in [-0.3, -0.25) is 0 Å². The molecule has 0 spiro atoms. The first-order valence-corrected chi connectivity index (χ1v) is 6.31. The molecule has 1 aliphatic rings. The summed E-state index contributed by atoms with van der Waals surface area (Å²) in [6, 6.07) is 0. The second kappa shape index (κ2) is 3.76. The first-order chi connectivity index (χ1) is 6.60. The number of thiazole rings is 1. The normalized spacial score (nSPS) is 32.1. The maximum Gasteiger partial charge on any atom is 0.134 e. The summed E-state index contributed by atoms with van der Waals surface area (Å²) in [7, 11) is 0. The second-order valence-electron chi connectivity index (χ2n) is 3.77. The molecule has 2 rings (SSSR count). The van der Waals surface area contributed by atoms with E-state index in [9.17, 15) is 5.11 Å². The Morgan fingerprint density at radius 3 is 3.00 bits per heavy atom. The standard InChI is InChI=1S/C10H12BrNOS/c1-7-2-4-10(13,5-3-7)9-12-8(11)6-14-9/h2,4,6-7,13H,3,5H2,1H3. The summed E-state index contributed by atoms with van der Waals surface area (Å²) in [6.45, 7) is 2.16. The molecule has 2 unspecified atom stereocenters. The van der Waals surface area contributed by atoms with Crippen molar-refractivity contribution in [3.8, 4) is 0 Å². The van der Waals surface area contributed by atoms with E-state index in [1.54, 1.807) is 0 Å². The maximum absolute atomic E-state index is 10.3. The smallest absolute Gasteiger partial charge is 0.134 e. The zero-order valence-electron chi connectivity index (χ0n) is 7.90. The average molecular weight is 274 g/mol. The van der Waals surface area contributed by atoms with E-state index in [0.29, 0.717) is 5.92 Å². The summed E-state index contributed by atoms with van der Waals surface area (Å²) in [6.07, 6.45) is 5.74. The van der Waals surface area contributed by atoms with Gasteiger partial charge in [0.25, 0.3) is 0 Å². The highest BCUT2D eigenvalue weighted by molar-refractivity contribution is 9.10. The number of halogens is 1. The highest BCUT2D eigenvalue weighted by Gasteiger charge is 2.32. The van der Waals surface area contributed by atoms with Gasteiger partial charge in [-0.15, -0.1) is 11.3 Å². The van der Waals surface area contributed by atoms with E-state index in [4.69, 9.17) is 0 Å². The summed E-state index contributed by atoms with van der Waals surface area (Å²) in [5.74, 6) is 0.568. The number of hydrogen-bond donors (Lipinski definition) is 1. The van der Waals surface area contributed by atoms with Crippen LogP contribution in [0.5, 0.6) is 0 Å². The molecule has 0 fully saturated rings. The molecule has 1 heterocycles. The minimum Gasteiger partial charge on any atom is -0.379 e. The minimum atomic E-state index is -0.830. The van der Waals surface area contributed by atoms with Crippen molar-refractivity contribution in [2.75, 3.05) is 0 Å². The van der Waals surface area contributed by atoms with Gasteiger partial charge in [-0.2, -0.15) is 0 Å². The van der Waals surface area contributed by atoms with Crippen LogP contribution in [0.15, 0.2) is 22.1 Å². The third-order valence-electron chi connectivity index (χ3n) is 2.53. The van der Waals surface area contributed by atoms with Gasteiger partial charge in [0.1, 0.15) is 15.2 Å². The summed E-state index contributed by atoms with van der Waals surface area (Å²) in [4.78, 5) is 4.27. The Kier molecular flexibility index (Phi) is 2.77.